The van der Waals surface area contributed by atoms with E-state index in [1.165, 1.54) is 37.0 Å². The molecule has 1 saturated carbocycles. The molecule has 1 aliphatic rings. The number of hydrogen-bond donors (Lipinski definition) is 1. The lowest BCUT2D eigenvalue weighted by atomic mass is 9.64. The van der Waals surface area contributed by atoms with Gasteiger partial charge >= 0.3 is 0 Å². The molecule has 2 N–H and O–H groups in total. The van der Waals surface area contributed by atoms with E-state index in [9.17, 15) is 0 Å². The van der Waals surface area contributed by atoms with E-state index in [2.05, 4.69) is 38.3 Å². The van der Waals surface area contributed by atoms with E-state index in [-0.39, 0.29) is 0 Å². The first-order chi connectivity index (χ1) is 9.00. The highest BCUT2D eigenvalue weighted by molar-refractivity contribution is 7.09. The maximum absolute atomic E-state index is 6.00. The van der Waals surface area contributed by atoms with Crippen molar-refractivity contribution in [2.45, 2.75) is 52.9 Å². The smallest absolute Gasteiger partial charge is 0.00453 e. The summed E-state index contributed by atoms with van der Waals surface area (Å²) >= 11 is 1.90. The Hall–Kier alpha value is -0.340. The normalized spacial score (nSPS) is 28.5. The molecule has 3 unspecified atom stereocenters. The average molecular weight is 279 g/mol. The maximum atomic E-state index is 6.00. The molecule has 0 radical (unpaired) electrons. The summed E-state index contributed by atoms with van der Waals surface area (Å²) in [6.07, 6.45) is 6.68. The van der Waals surface area contributed by atoms with Crippen LogP contribution in [-0.2, 0) is 6.42 Å². The molecule has 2 heteroatoms. The van der Waals surface area contributed by atoms with Crippen molar-refractivity contribution in [3.05, 3.63) is 22.4 Å². The Morgan fingerprint density at radius 3 is 2.63 bits per heavy atom. The van der Waals surface area contributed by atoms with Crippen molar-refractivity contribution in [1.29, 1.82) is 0 Å². The summed E-state index contributed by atoms with van der Waals surface area (Å²) in [4.78, 5) is 1.54. The summed E-state index contributed by atoms with van der Waals surface area (Å²) in [7, 11) is 0. The van der Waals surface area contributed by atoms with Crippen molar-refractivity contribution < 1.29 is 0 Å². The molecule has 108 valence electrons. The summed E-state index contributed by atoms with van der Waals surface area (Å²) in [5, 5.41) is 2.19. The Morgan fingerprint density at radius 1 is 1.26 bits per heavy atom. The minimum atomic E-state index is 0.459. The molecule has 0 aliphatic heterocycles. The molecular formula is C17H29NS. The van der Waals surface area contributed by atoms with Crippen LogP contribution in [-0.4, -0.2) is 6.54 Å². The van der Waals surface area contributed by atoms with Gasteiger partial charge in [-0.05, 0) is 73.3 Å². The highest BCUT2D eigenvalue weighted by Gasteiger charge is 2.34. The maximum Gasteiger partial charge on any atom is 0.00453 e. The summed E-state index contributed by atoms with van der Waals surface area (Å²) in [5.74, 6) is 2.48. The van der Waals surface area contributed by atoms with Crippen LogP contribution in [0.5, 0.6) is 0 Å². The molecule has 0 aromatic carbocycles. The number of nitrogens with two attached hydrogens (primary N) is 1. The van der Waals surface area contributed by atoms with Crippen molar-refractivity contribution in [3.63, 3.8) is 0 Å². The third-order valence-corrected chi connectivity index (χ3v) is 5.95. The number of thiophene rings is 1. The molecule has 19 heavy (non-hydrogen) atoms. The van der Waals surface area contributed by atoms with Gasteiger partial charge in [0.1, 0.15) is 0 Å². The Balaban J connectivity index is 1.94. The zero-order valence-electron chi connectivity index (χ0n) is 12.7. The lowest BCUT2D eigenvalue weighted by molar-refractivity contribution is 0.0967. The fourth-order valence-electron chi connectivity index (χ4n) is 3.56. The Labute approximate surface area is 122 Å². The lowest BCUT2D eigenvalue weighted by Gasteiger charge is -2.41. The third-order valence-electron chi connectivity index (χ3n) is 5.01. The van der Waals surface area contributed by atoms with E-state index in [1.54, 1.807) is 0 Å². The molecule has 0 spiro atoms. The van der Waals surface area contributed by atoms with Gasteiger partial charge in [-0.1, -0.05) is 26.8 Å². The minimum absolute atomic E-state index is 0.459. The topological polar surface area (TPSA) is 26.0 Å². The standard InChI is InChI=1S/C17H29NS/c1-17(2,3)15-8-6-14(12-18)13(11-15)7-9-16-5-4-10-19-16/h4-5,10,13-15H,6-9,11-12,18H2,1-3H3. The Bertz CT molecular complexity index is 363. The third kappa shape index (κ3) is 4.06. The largest absolute Gasteiger partial charge is 0.330 e. The Kier molecular flexibility index (Phi) is 5.08. The van der Waals surface area contributed by atoms with E-state index in [1.807, 2.05) is 11.3 Å². The second-order valence-electron chi connectivity index (χ2n) is 7.25. The first-order valence-electron chi connectivity index (χ1n) is 7.73. The zero-order valence-corrected chi connectivity index (χ0v) is 13.5. The first-order valence-corrected chi connectivity index (χ1v) is 8.61. The summed E-state index contributed by atoms with van der Waals surface area (Å²) < 4.78 is 0. The molecule has 1 aliphatic carbocycles. The molecule has 3 atom stereocenters. The van der Waals surface area contributed by atoms with Crippen LogP contribution >= 0.6 is 11.3 Å². The molecule has 2 rings (SSSR count). The molecule has 1 aromatic rings. The van der Waals surface area contributed by atoms with Gasteiger partial charge in [-0.25, -0.2) is 0 Å². The van der Waals surface area contributed by atoms with E-state index in [0.29, 0.717) is 5.41 Å². The molecule has 1 heterocycles. The summed E-state index contributed by atoms with van der Waals surface area (Å²) in [5.41, 5.74) is 6.46. The highest BCUT2D eigenvalue weighted by atomic mass is 32.1. The fourth-order valence-corrected chi connectivity index (χ4v) is 4.28. The SMILES string of the molecule is CC(C)(C)C1CCC(CN)C(CCc2cccs2)C1. The number of aryl methyl sites for hydroxylation is 1. The van der Waals surface area contributed by atoms with Crippen LogP contribution in [0.2, 0.25) is 0 Å². The monoisotopic (exact) mass is 279 g/mol. The quantitative estimate of drug-likeness (QED) is 0.848. The zero-order chi connectivity index (χ0) is 13.9. The van der Waals surface area contributed by atoms with Crippen LogP contribution in [0, 0.1) is 23.2 Å². The molecule has 0 amide bonds. The van der Waals surface area contributed by atoms with Gasteiger partial charge in [0.15, 0.2) is 0 Å². The van der Waals surface area contributed by atoms with Gasteiger partial charge < -0.3 is 5.73 Å². The van der Waals surface area contributed by atoms with E-state index < -0.39 is 0 Å². The van der Waals surface area contributed by atoms with Gasteiger partial charge in [-0.15, -0.1) is 11.3 Å². The van der Waals surface area contributed by atoms with Crippen LogP contribution in [0.1, 0.15) is 51.3 Å². The fraction of sp³-hybridized carbons (Fsp3) is 0.765. The lowest BCUT2D eigenvalue weighted by Crippen LogP contribution is -2.35. The van der Waals surface area contributed by atoms with E-state index >= 15 is 0 Å². The molecular weight excluding hydrogens is 250 g/mol. The van der Waals surface area contributed by atoms with Gasteiger partial charge in [-0.2, -0.15) is 0 Å². The van der Waals surface area contributed by atoms with Crippen molar-refractivity contribution in [3.8, 4) is 0 Å². The molecule has 1 aromatic heterocycles. The second kappa shape index (κ2) is 6.41. The van der Waals surface area contributed by atoms with E-state index in [0.717, 1.165) is 24.3 Å². The molecule has 0 saturated heterocycles. The predicted octanol–water partition coefficient (Wildman–Crippen LogP) is 4.72. The highest BCUT2D eigenvalue weighted by Crippen LogP contribution is 2.44. The minimum Gasteiger partial charge on any atom is -0.330 e. The second-order valence-corrected chi connectivity index (χ2v) is 8.28. The van der Waals surface area contributed by atoms with Gasteiger partial charge in [0.2, 0.25) is 0 Å². The molecule has 1 nitrogen and oxygen atoms in total. The van der Waals surface area contributed by atoms with Crippen LogP contribution in [0.15, 0.2) is 17.5 Å². The van der Waals surface area contributed by atoms with Gasteiger partial charge in [0.25, 0.3) is 0 Å². The van der Waals surface area contributed by atoms with Crippen molar-refractivity contribution >= 4 is 11.3 Å². The van der Waals surface area contributed by atoms with Crippen LogP contribution in [0.3, 0.4) is 0 Å². The average Bonchev–Trinajstić information content (AvgIpc) is 2.88. The first kappa shape index (κ1) is 15.1. The van der Waals surface area contributed by atoms with Gasteiger partial charge in [-0.3, -0.25) is 0 Å². The number of rotatable bonds is 4. The van der Waals surface area contributed by atoms with Crippen LogP contribution < -0.4 is 5.73 Å². The van der Waals surface area contributed by atoms with E-state index in [4.69, 9.17) is 5.73 Å². The summed E-state index contributed by atoms with van der Waals surface area (Å²) in [6.45, 7) is 8.08. The molecule has 0 bridgehead atoms. The van der Waals surface area contributed by atoms with Crippen molar-refractivity contribution in [2.75, 3.05) is 6.54 Å². The van der Waals surface area contributed by atoms with Crippen molar-refractivity contribution in [1.82, 2.24) is 0 Å². The van der Waals surface area contributed by atoms with Crippen molar-refractivity contribution in [2.24, 2.45) is 28.9 Å². The predicted molar refractivity (Wildman–Crippen MR) is 85.5 cm³/mol. The van der Waals surface area contributed by atoms with Crippen LogP contribution in [0.25, 0.3) is 0 Å². The number of hydrogen-bond acceptors (Lipinski definition) is 2. The van der Waals surface area contributed by atoms with Crippen LogP contribution in [0.4, 0.5) is 0 Å². The van der Waals surface area contributed by atoms with Gasteiger partial charge in [0, 0.05) is 4.88 Å². The Morgan fingerprint density at radius 2 is 2.05 bits per heavy atom. The summed E-state index contributed by atoms with van der Waals surface area (Å²) in [6, 6.07) is 4.44. The molecule has 1 fully saturated rings. The van der Waals surface area contributed by atoms with Gasteiger partial charge in [0.05, 0.1) is 0 Å².